The third-order valence-corrected chi connectivity index (χ3v) is 1.95. The third-order valence-electron chi connectivity index (χ3n) is 1.95. The number of halogens is 2. The molecule has 0 unspecified atom stereocenters. The minimum absolute atomic E-state index is 0.0731. The van der Waals surface area contributed by atoms with Crippen molar-refractivity contribution in [1.29, 1.82) is 5.26 Å². The van der Waals surface area contributed by atoms with Gasteiger partial charge in [0.25, 0.3) is 5.92 Å². The Bertz CT molecular complexity index is 408. The zero-order valence-electron chi connectivity index (χ0n) is 8.17. The molecule has 0 fully saturated rings. The summed E-state index contributed by atoms with van der Waals surface area (Å²) in [7, 11) is 0. The summed E-state index contributed by atoms with van der Waals surface area (Å²) in [6.07, 6.45) is 1.17. The molecule has 1 aromatic rings. The lowest BCUT2D eigenvalue weighted by Gasteiger charge is -2.10. The maximum Gasteiger partial charge on any atom is 0.270 e. The van der Waals surface area contributed by atoms with E-state index in [0.717, 1.165) is 6.92 Å². The smallest absolute Gasteiger partial charge is 0.270 e. The number of hydrogen-bond acceptors (Lipinski definition) is 2. The van der Waals surface area contributed by atoms with Gasteiger partial charge in [0.05, 0.1) is 6.07 Å². The van der Waals surface area contributed by atoms with E-state index in [0.29, 0.717) is 5.56 Å². The van der Waals surface area contributed by atoms with Crippen LogP contribution >= 0.6 is 0 Å². The normalized spacial score (nSPS) is 12.3. The Kier molecular flexibility index (Phi) is 3.05. The Morgan fingerprint density at radius 2 is 1.93 bits per heavy atom. The molecular weight excluding hydrogens is 198 g/mol. The first-order chi connectivity index (χ1) is 6.95. The highest BCUT2D eigenvalue weighted by atomic mass is 19.3. The molecule has 2 N–H and O–H groups in total. The SMILES string of the molecule is CC(F)(F)c1ccc(/C(N)=C\C#N)cc1. The van der Waals surface area contributed by atoms with E-state index in [-0.39, 0.29) is 11.3 Å². The molecule has 0 aliphatic heterocycles. The number of nitriles is 1. The van der Waals surface area contributed by atoms with E-state index >= 15 is 0 Å². The molecule has 0 aliphatic carbocycles. The summed E-state index contributed by atoms with van der Waals surface area (Å²) >= 11 is 0. The molecule has 0 amide bonds. The average molecular weight is 208 g/mol. The van der Waals surface area contributed by atoms with E-state index in [4.69, 9.17) is 11.0 Å². The zero-order chi connectivity index (χ0) is 11.5. The summed E-state index contributed by atoms with van der Waals surface area (Å²) in [5.41, 5.74) is 6.27. The standard InChI is InChI=1S/C11H10F2N2/c1-11(12,13)9-4-2-8(3-5-9)10(15)6-7-14/h2-6H,15H2,1H3/b10-6+. The molecule has 0 aliphatic rings. The van der Waals surface area contributed by atoms with E-state index in [1.807, 2.05) is 0 Å². The highest BCUT2D eigenvalue weighted by molar-refractivity contribution is 5.64. The number of benzene rings is 1. The van der Waals surface area contributed by atoms with Crippen LogP contribution in [0.1, 0.15) is 18.1 Å². The summed E-state index contributed by atoms with van der Waals surface area (Å²) in [5, 5.41) is 8.36. The summed E-state index contributed by atoms with van der Waals surface area (Å²) < 4.78 is 25.7. The Labute approximate surface area is 86.6 Å². The summed E-state index contributed by atoms with van der Waals surface area (Å²) in [6.45, 7) is 0.830. The highest BCUT2D eigenvalue weighted by Crippen LogP contribution is 2.27. The number of nitrogens with zero attached hydrogens (tertiary/aromatic N) is 1. The zero-order valence-corrected chi connectivity index (χ0v) is 8.17. The second-order valence-corrected chi connectivity index (χ2v) is 3.19. The van der Waals surface area contributed by atoms with Crippen molar-refractivity contribution in [2.45, 2.75) is 12.8 Å². The van der Waals surface area contributed by atoms with E-state index in [2.05, 4.69) is 0 Å². The lowest BCUT2D eigenvalue weighted by Crippen LogP contribution is -2.07. The van der Waals surface area contributed by atoms with Gasteiger partial charge in [-0.1, -0.05) is 24.3 Å². The fourth-order valence-electron chi connectivity index (χ4n) is 1.11. The number of hydrogen-bond donors (Lipinski definition) is 1. The Hall–Kier alpha value is -1.89. The molecule has 78 valence electrons. The largest absolute Gasteiger partial charge is 0.398 e. The summed E-state index contributed by atoms with van der Waals surface area (Å²) in [5.74, 6) is -2.85. The van der Waals surface area contributed by atoms with Gasteiger partial charge in [-0.2, -0.15) is 5.26 Å². The van der Waals surface area contributed by atoms with Crippen LogP contribution in [0.2, 0.25) is 0 Å². The molecule has 1 aromatic carbocycles. The first-order valence-electron chi connectivity index (χ1n) is 4.29. The molecule has 0 atom stereocenters. The number of alkyl halides is 2. The van der Waals surface area contributed by atoms with Crippen LogP contribution in [0.25, 0.3) is 5.70 Å². The van der Waals surface area contributed by atoms with Crippen LogP contribution < -0.4 is 5.73 Å². The summed E-state index contributed by atoms with van der Waals surface area (Å²) in [4.78, 5) is 0. The molecule has 0 spiro atoms. The van der Waals surface area contributed by atoms with Gasteiger partial charge < -0.3 is 5.73 Å². The second kappa shape index (κ2) is 4.09. The van der Waals surface area contributed by atoms with Gasteiger partial charge in [0.2, 0.25) is 0 Å². The molecule has 2 nitrogen and oxygen atoms in total. The molecular formula is C11H10F2N2. The van der Waals surface area contributed by atoms with Crippen LogP contribution in [-0.4, -0.2) is 0 Å². The minimum atomic E-state index is -2.85. The minimum Gasteiger partial charge on any atom is -0.398 e. The molecule has 0 aromatic heterocycles. The van der Waals surface area contributed by atoms with Gasteiger partial charge >= 0.3 is 0 Å². The first-order valence-corrected chi connectivity index (χ1v) is 4.29. The first kappa shape index (κ1) is 11.2. The third kappa shape index (κ3) is 2.78. The van der Waals surface area contributed by atoms with Crippen molar-refractivity contribution in [3.05, 3.63) is 41.5 Å². The van der Waals surface area contributed by atoms with Crippen LogP contribution in [0.4, 0.5) is 8.78 Å². The fraction of sp³-hybridized carbons (Fsp3) is 0.182. The molecule has 4 heteroatoms. The topological polar surface area (TPSA) is 49.8 Å². The van der Waals surface area contributed by atoms with Crippen LogP contribution in [0.15, 0.2) is 30.3 Å². The van der Waals surface area contributed by atoms with Crippen molar-refractivity contribution in [3.63, 3.8) is 0 Å². The number of rotatable bonds is 2. The van der Waals surface area contributed by atoms with E-state index in [1.165, 1.54) is 30.3 Å². The predicted molar refractivity (Wildman–Crippen MR) is 53.8 cm³/mol. The van der Waals surface area contributed by atoms with Crippen molar-refractivity contribution in [1.82, 2.24) is 0 Å². The maximum absolute atomic E-state index is 12.8. The van der Waals surface area contributed by atoms with Crippen molar-refractivity contribution in [2.24, 2.45) is 5.73 Å². The molecule has 0 bridgehead atoms. The van der Waals surface area contributed by atoms with Crippen LogP contribution in [0.3, 0.4) is 0 Å². The number of nitrogens with two attached hydrogens (primary N) is 1. The Morgan fingerprint density at radius 1 is 1.40 bits per heavy atom. The van der Waals surface area contributed by atoms with Gasteiger partial charge in [-0.05, 0) is 5.56 Å². The van der Waals surface area contributed by atoms with Crippen molar-refractivity contribution in [3.8, 4) is 6.07 Å². The average Bonchev–Trinajstić information content (AvgIpc) is 2.17. The number of allylic oxidation sites excluding steroid dienone is 1. The van der Waals surface area contributed by atoms with Crippen molar-refractivity contribution >= 4 is 5.70 Å². The van der Waals surface area contributed by atoms with Crippen LogP contribution in [0.5, 0.6) is 0 Å². The van der Waals surface area contributed by atoms with E-state index in [9.17, 15) is 8.78 Å². The van der Waals surface area contributed by atoms with E-state index < -0.39 is 5.92 Å². The fourth-order valence-corrected chi connectivity index (χ4v) is 1.11. The van der Waals surface area contributed by atoms with Crippen molar-refractivity contribution < 1.29 is 8.78 Å². The van der Waals surface area contributed by atoms with Crippen LogP contribution in [-0.2, 0) is 5.92 Å². The van der Waals surface area contributed by atoms with Gasteiger partial charge in [-0.15, -0.1) is 0 Å². The molecule has 0 radical (unpaired) electrons. The van der Waals surface area contributed by atoms with Gasteiger partial charge in [-0.25, -0.2) is 8.78 Å². The van der Waals surface area contributed by atoms with Crippen LogP contribution in [0, 0.1) is 11.3 Å². The molecule has 0 heterocycles. The molecule has 15 heavy (non-hydrogen) atoms. The molecule has 0 saturated carbocycles. The highest BCUT2D eigenvalue weighted by Gasteiger charge is 2.23. The quantitative estimate of drug-likeness (QED) is 0.759. The predicted octanol–water partition coefficient (Wildman–Crippen LogP) is 2.62. The van der Waals surface area contributed by atoms with Gasteiger partial charge in [0, 0.05) is 24.3 Å². The lowest BCUT2D eigenvalue weighted by molar-refractivity contribution is 0.0175. The Balaban J connectivity index is 3.02. The molecule has 0 saturated heterocycles. The van der Waals surface area contributed by atoms with Crippen molar-refractivity contribution in [2.75, 3.05) is 0 Å². The van der Waals surface area contributed by atoms with Gasteiger partial charge in [0.15, 0.2) is 0 Å². The van der Waals surface area contributed by atoms with E-state index in [1.54, 1.807) is 6.07 Å². The maximum atomic E-state index is 12.8. The Morgan fingerprint density at radius 3 is 2.33 bits per heavy atom. The van der Waals surface area contributed by atoms with Gasteiger partial charge in [0.1, 0.15) is 0 Å². The van der Waals surface area contributed by atoms with Gasteiger partial charge in [-0.3, -0.25) is 0 Å². The monoisotopic (exact) mass is 208 g/mol. The summed E-state index contributed by atoms with van der Waals surface area (Å²) in [6, 6.07) is 7.31. The molecule has 1 rings (SSSR count). The second-order valence-electron chi connectivity index (χ2n) is 3.19. The lowest BCUT2D eigenvalue weighted by atomic mass is 10.1.